The summed E-state index contributed by atoms with van der Waals surface area (Å²) in [6.45, 7) is 1.35. The van der Waals surface area contributed by atoms with E-state index in [0.717, 1.165) is 24.2 Å². The number of benzene rings is 1. The van der Waals surface area contributed by atoms with Gasteiger partial charge in [0.2, 0.25) is 5.91 Å². The lowest BCUT2D eigenvalue weighted by Gasteiger charge is -2.28. The number of rotatable bonds is 9. The number of ether oxygens (including phenoxy) is 1. The Morgan fingerprint density at radius 1 is 1.26 bits per heavy atom. The first-order valence-electron chi connectivity index (χ1n) is 11.2. The van der Waals surface area contributed by atoms with Gasteiger partial charge in [-0.1, -0.05) is 18.0 Å². The minimum Gasteiger partial charge on any atom is -0.370 e. The molecule has 3 amide bonds. The van der Waals surface area contributed by atoms with Crippen LogP contribution in [0.15, 0.2) is 30.3 Å². The Morgan fingerprint density at radius 3 is 2.74 bits per heavy atom. The van der Waals surface area contributed by atoms with Crippen molar-refractivity contribution in [3.63, 3.8) is 0 Å². The molecule has 0 unspecified atom stereocenters. The molecule has 1 aromatic carbocycles. The number of anilines is 2. The summed E-state index contributed by atoms with van der Waals surface area (Å²) < 4.78 is 20.4. The van der Waals surface area contributed by atoms with E-state index < -0.39 is 17.8 Å². The molecule has 3 N–H and O–H groups in total. The summed E-state index contributed by atoms with van der Waals surface area (Å²) in [7, 11) is 0. The van der Waals surface area contributed by atoms with Crippen molar-refractivity contribution >= 4 is 52.0 Å². The molecule has 2 fully saturated rings. The summed E-state index contributed by atoms with van der Waals surface area (Å²) in [5, 5.41) is 8.56. The number of halogens is 2. The summed E-state index contributed by atoms with van der Waals surface area (Å²) in [6.07, 6.45) is 3.36. The number of hydrogen-bond acceptors (Lipinski definition) is 6. The highest BCUT2D eigenvalue weighted by Crippen LogP contribution is 2.26. The molecule has 2 aliphatic rings. The lowest BCUT2D eigenvalue weighted by Crippen LogP contribution is -2.50. The van der Waals surface area contributed by atoms with Crippen LogP contribution in [0.2, 0.25) is 4.34 Å². The molecule has 4 rings (SSSR count). The van der Waals surface area contributed by atoms with Crippen molar-refractivity contribution in [1.82, 2.24) is 10.6 Å². The normalized spacial score (nSPS) is 17.2. The van der Waals surface area contributed by atoms with Crippen LogP contribution in [0.25, 0.3) is 0 Å². The van der Waals surface area contributed by atoms with Crippen molar-refractivity contribution in [3.05, 3.63) is 45.4 Å². The van der Waals surface area contributed by atoms with E-state index in [0.29, 0.717) is 40.5 Å². The van der Waals surface area contributed by atoms with Crippen LogP contribution < -0.4 is 20.9 Å². The average Bonchev–Trinajstić information content (AvgIpc) is 3.22. The molecule has 34 heavy (non-hydrogen) atoms. The Hall–Kier alpha value is -2.53. The standard InChI is InChI=1S/C23H26ClFN4O4S/c24-20-7-6-19(34-20)23(32)27-12-18(26-11-14-2-1-3-14)22(31)28-17-5-4-15(10-16(17)25)29-8-9-33-13-21(29)30/h4-7,10,14,18,26H,1-3,8-9,11-13H2,(H,27,32)(H,28,31)/t18-/m1/s1. The predicted octanol–water partition coefficient (Wildman–Crippen LogP) is 3.03. The van der Waals surface area contributed by atoms with Crippen LogP contribution in [0.3, 0.4) is 0 Å². The van der Waals surface area contributed by atoms with Gasteiger partial charge in [0.05, 0.1) is 21.5 Å². The maximum absolute atomic E-state index is 14.8. The number of carbonyl (C=O) groups is 3. The maximum atomic E-state index is 14.8. The quantitative estimate of drug-likeness (QED) is 0.483. The minimum atomic E-state index is -0.750. The molecule has 1 aliphatic heterocycles. The van der Waals surface area contributed by atoms with Gasteiger partial charge < -0.3 is 25.6 Å². The summed E-state index contributed by atoms with van der Waals surface area (Å²) >= 11 is 7.05. The van der Waals surface area contributed by atoms with Gasteiger partial charge in [-0.25, -0.2) is 4.39 Å². The van der Waals surface area contributed by atoms with Crippen LogP contribution >= 0.6 is 22.9 Å². The first kappa shape index (κ1) is 24.6. The second-order valence-electron chi connectivity index (χ2n) is 8.32. The highest BCUT2D eigenvalue weighted by atomic mass is 35.5. The van der Waals surface area contributed by atoms with E-state index in [1.807, 2.05) is 0 Å². The Morgan fingerprint density at radius 2 is 2.09 bits per heavy atom. The van der Waals surface area contributed by atoms with E-state index in [9.17, 15) is 18.8 Å². The van der Waals surface area contributed by atoms with E-state index in [4.69, 9.17) is 16.3 Å². The fourth-order valence-corrected chi connectivity index (χ4v) is 4.73. The molecule has 0 radical (unpaired) electrons. The number of nitrogens with zero attached hydrogens (tertiary/aromatic N) is 1. The molecule has 1 saturated heterocycles. The van der Waals surface area contributed by atoms with Crippen LogP contribution in [0, 0.1) is 11.7 Å². The molecular weight excluding hydrogens is 483 g/mol. The van der Waals surface area contributed by atoms with Gasteiger partial charge >= 0.3 is 0 Å². The van der Waals surface area contributed by atoms with Gasteiger partial charge in [0.15, 0.2) is 0 Å². The van der Waals surface area contributed by atoms with Gasteiger partial charge in [0, 0.05) is 18.8 Å². The van der Waals surface area contributed by atoms with Gasteiger partial charge in [-0.3, -0.25) is 14.4 Å². The lowest BCUT2D eigenvalue weighted by molar-refractivity contribution is -0.125. The van der Waals surface area contributed by atoms with Crippen LogP contribution in [0.1, 0.15) is 28.9 Å². The van der Waals surface area contributed by atoms with Gasteiger partial charge in [-0.15, -0.1) is 11.3 Å². The van der Waals surface area contributed by atoms with Crippen molar-refractivity contribution in [2.45, 2.75) is 25.3 Å². The fourth-order valence-electron chi connectivity index (χ4n) is 3.77. The van der Waals surface area contributed by atoms with Gasteiger partial charge in [0.1, 0.15) is 18.5 Å². The lowest BCUT2D eigenvalue weighted by atomic mass is 9.85. The maximum Gasteiger partial charge on any atom is 0.261 e. The molecule has 0 spiro atoms. The van der Waals surface area contributed by atoms with E-state index in [2.05, 4.69) is 16.0 Å². The van der Waals surface area contributed by atoms with E-state index in [-0.39, 0.29) is 30.7 Å². The molecule has 1 aliphatic carbocycles. The smallest absolute Gasteiger partial charge is 0.261 e. The first-order valence-corrected chi connectivity index (χ1v) is 12.4. The highest BCUT2D eigenvalue weighted by molar-refractivity contribution is 7.18. The number of amides is 3. The zero-order valence-corrected chi connectivity index (χ0v) is 20.0. The number of nitrogens with one attached hydrogen (secondary N) is 3. The number of hydrogen-bond donors (Lipinski definition) is 3. The summed E-state index contributed by atoms with van der Waals surface area (Å²) in [5.41, 5.74) is 0.409. The summed E-state index contributed by atoms with van der Waals surface area (Å²) in [4.78, 5) is 39.3. The molecule has 11 heteroatoms. The fraction of sp³-hybridized carbons (Fsp3) is 0.435. The van der Waals surface area contributed by atoms with E-state index >= 15 is 0 Å². The van der Waals surface area contributed by atoms with Gasteiger partial charge in [-0.05, 0) is 55.6 Å². The van der Waals surface area contributed by atoms with Crippen LogP contribution in [0.4, 0.5) is 15.8 Å². The highest BCUT2D eigenvalue weighted by Gasteiger charge is 2.25. The zero-order valence-electron chi connectivity index (χ0n) is 18.4. The third-order valence-electron chi connectivity index (χ3n) is 5.97. The van der Waals surface area contributed by atoms with Crippen LogP contribution in [-0.4, -0.2) is 56.6 Å². The van der Waals surface area contributed by atoms with E-state index in [1.54, 1.807) is 18.2 Å². The van der Waals surface area contributed by atoms with Crippen molar-refractivity contribution in [3.8, 4) is 0 Å². The minimum absolute atomic E-state index is 0.00117. The van der Waals surface area contributed by atoms with Crippen molar-refractivity contribution in [1.29, 1.82) is 0 Å². The Bertz CT molecular complexity index is 1060. The number of morpholine rings is 1. The molecule has 182 valence electrons. The van der Waals surface area contributed by atoms with Crippen molar-refractivity contribution in [2.24, 2.45) is 5.92 Å². The summed E-state index contributed by atoms with van der Waals surface area (Å²) in [5.74, 6) is -1.20. The van der Waals surface area contributed by atoms with Crippen LogP contribution in [0.5, 0.6) is 0 Å². The first-order chi connectivity index (χ1) is 16.4. The Balaban J connectivity index is 1.40. The second kappa shape index (κ2) is 11.3. The third-order valence-corrected chi connectivity index (χ3v) is 7.20. The Labute approximate surface area is 205 Å². The molecule has 0 bridgehead atoms. The third kappa shape index (κ3) is 6.12. The average molecular weight is 509 g/mol. The van der Waals surface area contributed by atoms with Gasteiger partial charge in [0.25, 0.3) is 11.8 Å². The van der Waals surface area contributed by atoms with Gasteiger partial charge in [-0.2, -0.15) is 0 Å². The SMILES string of the molecule is O=C(NC[C@@H](NCC1CCC1)C(=O)Nc1ccc(N2CCOCC2=O)cc1F)c1ccc(Cl)s1. The molecule has 1 aromatic heterocycles. The van der Waals surface area contributed by atoms with Crippen LogP contribution in [-0.2, 0) is 14.3 Å². The molecular formula is C23H26ClFN4O4S. The summed E-state index contributed by atoms with van der Waals surface area (Å²) in [6, 6.07) is 6.74. The van der Waals surface area contributed by atoms with E-state index in [1.165, 1.54) is 23.5 Å². The predicted molar refractivity (Wildman–Crippen MR) is 129 cm³/mol. The number of thiophene rings is 1. The topological polar surface area (TPSA) is 99.8 Å². The molecule has 8 nitrogen and oxygen atoms in total. The van der Waals surface area contributed by atoms with Crippen molar-refractivity contribution < 1.29 is 23.5 Å². The molecule has 2 aromatic rings. The second-order valence-corrected chi connectivity index (χ2v) is 10.0. The zero-order chi connectivity index (χ0) is 24.1. The Kier molecular flexibility index (Phi) is 8.15. The molecule has 1 saturated carbocycles. The molecule has 2 heterocycles. The monoisotopic (exact) mass is 508 g/mol. The number of carbonyl (C=O) groups excluding carboxylic acids is 3. The largest absolute Gasteiger partial charge is 0.370 e. The van der Waals surface area contributed by atoms with Crippen molar-refractivity contribution in [2.75, 3.05) is 43.1 Å². The molecule has 1 atom stereocenters.